The van der Waals surface area contributed by atoms with Gasteiger partial charge >= 0.3 is 0 Å². The maximum Gasteiger partial charge on any atom is 0.131 e. The largest absolute Gasteiger partial charge is 0.497 e. The molecule has 0 bridgehead atoms. The van der Waals surface area contributed by atoms with Crippen molar-refractivity contribution in [2.45, 2.75) is 37.5 Å². The van der Waals surface area contributed by atoms with Gasteiger partial charge in [0.15, 0.2) is 0 Å². The van der Waals surface area contributed by atoms with E-state index in [1.807, 2.05) is 0 Å². The van der Waals surface area contributed by atoms with Gasteiger partial charge in [-0.2, -0.15) is 0 Å². The van der Waals surface area contributed by atoms with Crippen molar-refractivity contribution in [2.75, 3.05) is 7.11 Å². The molecule has 0 radical (unpaired) electrons. The molecule has 1 aromatic carbocycles. The van der Waals surface area contributed by atoms with Crippen LogP contribution in [-0.2, 0) is 0 Å². The second-order valence-electron chi connectivity index (χ2n) is 4.69. The first-order valence-electron chi connectivity index (χ1n) is 6.20. The van der Waals surface area contributed by atoms with Gasteiger partial charge in [-0.1, -0.05) is 25.3 Å². The molecule has 0 heterocycles. The zero-order valence-electron chi connectivity index (χ0n) is 10.1. The Morgan fingerprint density at radius 3 is 2.59 bits per heavy atom. The monoisotopic (exact) mass is 256 g/mol. The topological polar surface area (TPSA) is 9.23 Å². The minimum Gasteiger partial charge on any atom is -0.497 e. The third-order valence-electron chi connectivity index (χ3n) is 3.57. The molecule has 94 valence electrons. The zero-order chi connectivity index (χ0) is 12.3. The van der Waals surface area contributed by atoms with Crippen LogP contribution in [-0.4, -0.2) is 7.11 Å². The Morgan fingerprint density at radius 2 is 2.00 bits per heavy atom. The van der Waals surface area contributed by atoms with Gasteiger partial charge in [0.2, 0.25) is 0 Å². The van der Waals surface area contributed by atoms with Gasteiger partial charge in [-0.05, 0) is 24.8 Å². The van der Waals surface area contributed by atoms with E-state index < -0.39 is 0 Å². The summed E-state index contributed by atoms with van der Waals surface area (Å²) in [5.41, 5.74) is 0.611. The van der Waals surface area contributed by atoms with Gasteiger partial charge in [-0.3, -0.25) is 0 Å². The van der Waals surface area contributed by atoms with Crippen LogP contribution in [0, 0.1) is 11.7 Å². The highest BCUT2D eigenvalue weighted by molar-refractivity contribution is 6.21. The summed E-state index contributed by atoms with van der Waals surface area (Å²) in [7, 11) is 1.54. The molecule has 17 heavy (non-hydrogen) atoms. The lowest BCUT2D eigenvalue weighted by Gasteiger charge is -2.26. The first kappa shape index (κ1) is 12.7. The predicted molar refractivity (Wildman–Crippen MR) is 68.1 cm³/mol. The highest BCUT2D eigenvalue weighted by Gasteiger charge is 2.25. The van der Waals surface area contributed by atoms with E-state index in [4.69, 9.17) is 16.3 Å². The van der Waals surface area contributed by atoms with Crippen molar-refractivity contribution in [3.05, 3.63) is 29.6 Å². The van der Waals surface area contributed by atoms with Gasteiger partial charge in [-0.15, -0.1) is 11.6 Å². The number of hydrogen-bond donors (Lipinski definition) is 0. The van der Waals surface area contributed by atoms with Crippen molar-refractivity contribution in [3.63, 3.8) is 0 Å². The van der Waals surface area contributed by atoms with Crippen LogP contribution in [0.15, 0.2) is 18.2 Å². The van der Waals surface area contributed by atoms with Crippen LogP contribution >= 0.6 is 11.6 Å². The molecular weight excluding hydrogens is 239 g/mol. The van der Waals surface area contributed by atoms with Crippen LogP contribution in [0.3, 0.4) is 0 Å². The molecule has 1 aromatic rings. The van der Waals surface area contributed by atoms with E-state index in [0.29, 0.717) is 17.2 Å². The summed E-state index contributed by atoms with van der Waals surface area (Å²) >= 11 is 6.41. The third kappa shape index (κ3) is 2.92. The summed E-state index contributed by atoms with van der Waals surface area (Å²) in [6, 6.07) is 4.94. The quantitative estimate of drug-likeness (QED) is 0.713. The van der Waals surface area contributed by atoms with E-state index in [-0.39, 0.29) is 11.2 Å². The van der Waals surface area contributed by atoms with Crippen molar-refractivity contribution < 1.29 is 9.13 Å². The lowest BCUT2D eigenvalue weighted by atomic mass is 9.84. The Hall–Kier alpha value is -0.760. The van der Waals surface area contributed by atoms with E-state index in [1.165, 1.54) is 32.4 Å². The van der Waals surface area contributed by atoms with E-state index >= 15 is 0 Å². The first-order valence-corrected chi connectivity index (χ1v) is 6.63. The average molecular weight is 257 g/mol. The van der Waals surface area contributed by atoms with E-state index in [2.05, 4.69) is 0 Å². The minimum atomic E-state index is -0.255. The Labute approximate surface area is 107 Å². The molecule has 0 aliphatic heterocycles. The fourth-order valence-corrected chi connectivity index (χ4v) is 2.97. The molecule has 0 amide bonds. The number of alkyl halides is 1. The standard InChI is InChI=1S/C14H18ClFO/c1-17-11-7-8-12(13(16)9-11)14(15)10-5-3-2-4-6-10/h7-10,14H,2-6H2,1H3. The van der Waals surface area contributed by atoms with Crippen LogP contribution in [0.1, 0.15) is 43.0 Å². The molecule has 0 N–H and O–H groups in total. The molecule has 0 aromatic heterocycles. The lowest BCUT2D eigenvalue weighted by Crippen LogP contribution is -2.13. The lowest BCUT2D eigenvalue weighted by molar-refractivity contribution is 0.344. The van der Waals surface area contributed by atoms with Crippen LogP contribution in [0.2, 0.25) is 0 Å². The number of halogens is 2. The van der Waals surface area contributed by atoms with E-state index in [9.17, 15) is 4.39 Å². The highest BCUT2D eigenvalue weighted by atomic mass is 35.5. The second kappa shape index (κ2) is 5.72. The smallest absolute Gasteiger partial charge is 0.131 e. The van der Waals surface area contributed by atoms with Crippen molar-refractivity contribution >= 4 is 11.6 Å². The summed E-state index contributed by atoms with van der Waals surface area (Å²) in [5.74, 6) is 0.696. The van der Waals surface area contributed by atoms with Crippen molar-refractivity contribution in [1.82, 2.24) is 0 Å². The van der Waals surface area contributed by atoms with E-state index in [0.717, 1.165) is 12.8 Å². The Morgan fingerprint density at radius 1 is 1.29 bits per heavy atom. The average Bonchev–Trinajstić information content (AvgIpc) is 2.39. The summed E-state index contributed by atoms with van der Waals surface area (Å²) < 4.78 is 18.9. The second-order valence-corrected chi connectivity index (χ2v) is 5.16. The summed E-state index contributed by atoms with van der Waals surface area (Å²) in [6.07, 6.45) is 5.93. The molecule has 1 aliphatic rings. The minimum absolute atomic E-state index is 0.207. The molecule has 1 saturated carbocycles. The summed E-state index contributed by atoms with van der Waals surface area (Å²) in [5, 5.41) is -0.207. The maximum atomic E-state index is 13.9. The van der Waals surface area contributed by atoms with Gasteiger partial charge in [0.1, 0.15) is 11.6 Å². The molecule has 3 heteroatoms. The Balaban J connectivity index is 2.15. The molecule has 1 nitrogen and oxygen atoms in total. The normalized spacial score (nSPS) is 19.0. The van der Waals surface area contributed by atoms with Crippen molar-refractivity contribution in [2.24, 2.45) is 5.92 Å². The number of benzene rings is 1. The third-order valence-corrected chi connectivity index (χ3v) is 4.16. The van der Waals surface area contributed by atoms with Gasteiger partial charge < -0.3 is 4.74 Å². The summed E-state index contributed by atoms with van der Waals surface area (Å²) in [4.78, 5) is 0. The van der Waals surface area contributed by atoms with Gasteiger partial charge in [0, 0.05) is 11.6 Å². The maximum absolute atomic E-state index is 13.9. The number of methoxy groups -OCH3 is 1. The fourth-order valence-electron chi connectivity index (χ4n) is 2.54. The van der Waals surface area contributed by atoms with Crippen LogP contribution in [0.5, 0.6) is 5.75 Å². The van der Waals surface area contributed by atoms with Crippen molar-refractivity contribution in [3.8, 4) is 5.75 Å². The highest BCUT2D eigenvalue weighted by Crippen LogP contribution is 2.40. The molecule has 1 fully saturated rings. The first-order chi connectivity index (χ1) is 8.22. The molecule has 1 atom stereocenters. The Kier molecular flexibility index (Phi) is 4.27. The molecule has 0 saturated heterocycles. The number of ether oxygens (including phenoxy) is 1. The van der Waals surface area contributed by atoms with Gasteiger partial charge in [-0.25, -0.2) is 4.39 Å². The predicted octanol–water partition coefficient (Wildman–Crippen LogP) is 4.69. The zero-order valence-corrected chi connectivity index (χ0v) is 10.8. The molecule has 1 aliphatic carbocycles. The molecule has 2 rings (SSSR count). The van der Waals surface area contributed by atoms with Crippen LogP contribution < -0.4 is 4.74 Å². The van der Waals surface area contributed by atoms with Crippen LogP contribution in [0.4, 0.5) is 4.39 Å². The van der Waals surface area contributed by atoms with Gasteiger partial charge in [0.25, 0.3) is 0 Å². The van der Waals surface area contributed by atoms with E-state index in [1.54, 1.807) is 12.1 Å². The van der Waals surface area contributed by atoms with Gasteiger partial charge in [0.05, 0.1) is 12.5 Å². The summed E-state index contributed by atoms with van der Waals surface area (Å²) in [6.45, 7) is 0. The molecule has 0 spiro atoms. The number of hydrogen-bond acceptors (Lipinski definition) is 1. The SMILES string of the molecule is COc1ccc(C(Cl)C2CCCCC2)c(F)c1. The number of rotatable bonds is 3. The Bertz CT molecular complexity index is 374. The molecular formula is C14H18ClFO. The fraction of sp³-hybridized carbons (Fsp3) is 0.571. The molecule has 1 unspecified atom stereocenters. The van der Waals surface area contributed by atoms with Crippen molar-refractivity contribution in [1.29, 1.82) is 0 Å². The van der Waals surface area contributed by atoms with Crippen LogP contribution in [0.25, 0.3) is 0 Å².